The molecule has 70 valence electrons. The van der Waals surface area contributed by atoms with Gasteiger partial charge in [-0.3, -0.25) is 4.98 Å². The van der Waals surface area contributed by atoms with Gasteiger partial charge in [-0.1, -0.05) is 24.2 Å². The molecule has 0 aliphatic heterocycles. The van der Waals surface area contributed by atoms with E-state index in [2.05, 4.69) is 16.9 Å². The van der Waals surface area contributed by atoms with Crippen molar-refractivity contribution >= 4 is 11.6 Å². The van der Waals surface area contributed by atoms with Crippen LogP contribution < -0.4 is 5.32 Å². The number of pyridine rings is 1. The summed E-state index contributed by atoms with van der Waals surface area (Å²) in [6.07, 6.45) is 1.78. The Morgan fingerprint density at radius 1 is 1.69 bits per heavy atom. The quantitative estimate of drug-likeness (QED) is 0.801. The van der Waals surface area contributed by atoms with Crippen LogP contribution in [0.2, 0.25) is 0 Å². The average Bonchev–Trinajstić information content (AvgIpc) is 2.15. The highest BCUT2D eigenvalue weighted by Crippen LogP contribution is 2.08. The van der Waals surface area contributed by atoms with Crippen molar-refractivity contribution in [2.24, 2.45) is 0 Å². The highest BCUT2D eigenvalue weighted by molar-refractivity contribution is 6.29. The van der Waals surface area contributed by atoms with E-state index in [1.165, 1.54) is 0 Å². The summed E-state index contributed by atoms with van der Waals surface area (Å²) >= 11 is 5.63. The van der Waals surface area contributed by atoms with E-state index in [9.17, 15) is 0 Å². The maximum Gasteiger partial charge on any atom is 0.0570 e. The highest BCUT2D eigenvalue weighted by Gasteiger charge is 2.04. The van der Waals surface area contributed by atoms with E-state index in [1.807, 2.05) is 25.1 Å². The topological polar surface area (TPSA) is 24.9 Å². The van der Waals surface area contributed by atoms with Crippen LogP contribution in [0.1, 0.15) is 18.7 Å². The summed E-state index contributed by atoms with van der Waals surface area (Å²) in [6, 6.07) is 6.05. The van der Waals surface area contributed by atoms with Crippen molar-refractivity contribution in [3.63, 3.8) is 0 Å². The summed E-state index contributed by atoms with van der Waals surface area (Å²) in [7, 11) is 0. The second kappa shape index (κ2) is 5.00. The first kappa shape index (κ1) is 10.2. The predicted octanol–water partition coefficient (Wildman–Crippen LogP) is 2.48. The van der Waals surface area contributed by atoms with Gasteiger partial charge in [0.05, 0.1) is 5.69 Å². The molecule has 1 aromatic rings. The lowest BCUT2D eigenvalue weighted by Crippen LogP contribution is -2.20. The molecular weight excluding hydrogens is 184 g/mol. The number of aromatic nitrogens is 1. The summed E-state index contributed by atoms with van der Waals surface area (Å²) in [5.41, 5.74) is 1.01. The molecule has 0 radical (unpaired) electrons. The molecule has 1 atom stereocenters. The Kier molecular flexibility index (Phi) is 3.93. The molecule has 13 heavy (non-hydrogen) atoms. The van der Waals surface area contributed by atoms with Gasteiger partial charge >= 0.3 is 0 Å². The maximum absolute atomic E-state index is 5.63. The van der Waals surface area contributed by atoms with Crippen molar-refractivity contribution in [1.29, 1.82) is 0 Å². The molecule has 0 aliphatic carbocycles. The SMILES string of the molecule is C=C(Cl)CNC(C)c1ccccn1. The van der Waals surface area contributed by atoms with E-state index in [1.54, 1.807) is 6.20 Å². The van der Waals surface area contributed by atoms with Gasteiger partial charge < -0.3 is 5.32 Å². The first-order valence-corrected chi connectivity index (χ1v) is 4.55. The Labute approximate surface area is 83.6 Å². The van der Waals surface area contributed by atoms with Gasteiger partial charge in [0.1, 0.15) is 0 Å². The molecule has 0 saturated carbocycles. The molecule has 2 nitrogen and oxygen atoms in total. The van der Waals surface area contributed by atoms with Gasteiger partial charge in [-0.15, -0.1) is 0 Å². The number of hydrogen-bond acceptors (Lipinski definition) is 2. The molecule has 1 heterocycles. The number of rotatable bonds is 4. The monoisotopic (exact) mass is 196 g/mol. The van der Waals surface area contributed by atoms with E-state index in [0.29, 0.717) is 11.6 Å². The number of nitrogens with zero attached hydrogens (tertiary/aromatic N) is 1. The summed E-state index contributed by atoms with van der Waals surface area (Å²) in [6.45, 7) is 6.26. The molecule has 0 bridgehead atoms. The van der Waals surface area contributed by atoms with E-state index in [-0.39, 0.29) is 6.04 Å². The number of nitrogens with one attached hydrogen (secondary N) is 1. The largest absolute Gasteiger partial charge is 0.304 e. The lowest BCUT2D eigenvalue weighted by Gasteiger charge is -2.11. The van der Waals surface area contributed by atoms with Crippen LogP contribution in [0.3, 0.4) is 0 Å². The van der Waals surface area contributed by atoms with Gasteiger partial charge in [-0.25, -0.2) is 0 Å². The highest BCUT2D eigenvalue weighted by atomic mass is 35.5. The summed E-state index contributed by atoms with van der Waals surface area (Å²) < 4.78 is 0. The fourth-order valence-electron chi connectivity index (χ4n) is 1.00. The molecule has 1 N–H and O–H groups in total. The lowest BCUT2D eigenvalue weighted by atomic mass is 10.2. The zero-order chi connectivity index (χ0) is 9.68. The fourth-order valence-corrected chi connectivity index (χ4v) is 1.08. The van der Waals surface area contributed by atoms with Crippen molar-refractivity contribution < 1.29 is 0 Å². The Hall–Kier alpha value is -0.860. The second-order valence-electron chi connectivity index (χ2n) is 2.87. The normalized spacial score (nSPS) is 12.5. The molecule has 1 unspecified atom stereocenters. The summed E-state index contributed by atoms with van der Waals surface area (Å²) in [5.74, 6) is 0. The van der Waals surface area contributed by atoms with E-state index in [4.69, 9.17) is 11.6 Å². The first-order chi connectivity index (χ1) is 6.20. The first-order valence-electron chi connectivity index (χ1n) is 4.17. The maximum atomic E-state index is 5.63. The van der Waals surface area contributed by atoms with Crippen LogP contribution in [0.5, 0.6) is 0 Å². The van der Waals surface area contributed by atoms with E-state index in [0.717, 1.165) is 5.69 Å². The van der Waals surface area contributed by atoms with E-state index >= 15 is 0 Å². The van der Waals surface area contributed by atoms with Crippen molar-refractivity contribution in [3.8, 4) is 0 Å². The van der Waals surface area contributed by atoms with Gasteiger partial charge in [0, 0.05) is 23.8 Å². The summed E-state index contributed by atoms with van der Waals surface area (Å²) in [5, 5.41) is 3.82. The van der Waals surface area contributed by atoms with Crippen LogP contribution in [0, 0.1) is 0 Å². The second-order valence-corrected chi connectivity index (χ2v) is 3.41. The van der Waals surface area contributed by atoms with Crippen LogP contribution in [0.4, 0.5) is 0 Å². The van der Waals surface area contributed by atoms with Crippen LogP contribution in [0.15, 0.2) is 36.0 Å². The van der Waals surface area contributed by atoms with Crippen LogP contribution in [0.25, 0.3) is 0 Å². The van der Waals surface area contributed by atoms with Gasteiger partial charge in [0.2, 0.25) is 0 Å². The molecule has 1 rings (SSSR count). The molecular formula is C10H13ClN2. The lowest BCUT2D eigenvalue weighted by molar-refractivity contribution is 0.598. The van der Waals surface area contributed by atoms with E-state index < -0.39 is 0 Å². The van der Waals surface area contributed by atoms with Crippen LogP contribution >= 0.6 is 11.6 Å². The molecule has 0 amide bonds. The molecule has 0 saturated heterocycles. The van der Waals surface area contributed by atoms with Gasteiger partial charge in [0.15, 0.2) is 0 Å². The fraction of sp³-hybridized carbons (Fsp3) is 0.300. The Balaban J connectivity index is 2.49. The Bertz CT molecular complexity index is 272. The molecule has 0 aliphatic rings. The number of halogens is 1. The molecule has 0 fully saturated rings. The van der Waals surface area contributed by atoms with Gasteiger partial charge in [-0.05, 0) is 19.1 Å². The molecule has 0 spiro atoms. The van der Waals surface area contributed by atoms with Crippen molar-refractivity contribution in [2.45, 2.75) is 13.0 Å². The minimum absolute atomic E-state index is 0.205. The summed E-state index contributed by atoms with van der Waals surface area (Å²) in [4.78, 5) is 4.22. The Morgan fingerprint density at radius 2 is 2.46 bits per heavy atom. The van der Waals surface area contributed by atoms with Crippen molar-refractivity contribution in [1.82, 2.24) is 10.3 Å². The molecule has 3 heteroatoms. The third kappa shape index (κ3) is 3.57. The van der Waals surface area contributed by atoms with Crippen molar-refractivity contribution in [3.05, 3.63) is 41.7 Å². The Morgan fingerprint density at radius 3 is 3.00 bits per heavy atom. The third-order valence-electron chi connectivity index (χ3n) is 1.73. The molecule has 1 aromatic heterocycles. The average molecular weight is 197 g/mol. The zero-order valence-electron chi connectivity index (χ0n) is 7.63. The number of hydrogen-bond donors (Lipinski definition) is 1. The van der Waals surface area contributed by atoms with Gasteiger partial charge in [-0.2, -0.15) is 0 Å². The predicted molar refractivity (Wildman–Crippen MR) is 55.6 cm³/mol. The minimum Gasteiger partial charge on any atom is -0.304 e. The molecule has 0 aromatic carbocycles. The van der Waals surface area contributed by atoms with Crippen LogP contribution in [-0.2, 0) is 0 Å². The third-order valence-corrected chi connectivity index (χ3v) is 1.87. The standard InChI is InChI=1S/C10H13ClN2/c1-8(11)7-13-9(2)10-5-3-4-6-12-10/h3-6,9,13H,1,7H2,2H3. The van der Waals surface area contributed by atoms with Gasteiger partial charge in [0.25, 0.3) is 0 Å². The van der Waals surface area contributed by atoms with Crippen molar-refractivity contribution in [2.75, 3.05) is 6.54 Å². The minimum atomic E-state index is 0.205. The zero-order valence-corrected chi connectivity index (χ0v) is 8.38. The smallest absolute Gasteiger partial charge is 0.0570 e. The van der Waals surface area contributed by atoms with Crippen LogP contribution in [-0.4, -0.2) is 11.5 Å².